The number of nitrogens with one attached hydrogen (secondary N) is 2. The van der Waals surface area contributed by atoms with Crippen molar-refractivity contribution in [3.63, 3.8) is 0 Å². The van der Waals surface area contributed by atoms with Crippen molar-refractivity contribution < 1.29 is 4.79 Å². The molecule has 0 radical (unpaired) electrons. The van der Waals surface area contributed by atoms with Crippen molar-refractivity contribution in [2.75, 3.05) is 19.6 Å². The number of nitrogens with zero attached hydrogens (tertiary/aromatic N) is 1. The summed E-state index contributed by atoms with van der Waals surface area (Å²) in [6, 6.07) is 11.4. The molecular formula is C15H17Cl2N3O. The average Bonchev–Trinajstić information content (AvgIpc) is 3.01. The number of carbonyl (C=O) groups is 1. The van der Waals surface area contributed by atoms with Crippen molar-refractivity contribution in [3.8, 4) is 0 Å². The average molecular weight is 326 g/mol. The number of hydrogen-bond donors (Lipinski definition) is 2. The maximum atomic E-state index is 12.6. The Labute approximate surface area is 134 Å². The predicted octanol–water partition coefficient (Wildman–Crippen LogP) is 2.88. The zero-order valence-electron chi connectivity index (χ0n) is 11.4. The lowest BCUT2D eigenvalue weighted by molar-refractivity contribution is 0.0629. The lowest BCUT2D eigenvalue weighted by Crippen LogP contribution is -2.48. The fourth-order valence-electron chi connectivity index (χ4n) is 2.58. The van der Waals surface area contributed by atoms with Gasteiger partial charge in [0, 0.05) is 30.9 Å². The molecule has 1 unspecified atom stereocenters. The molecule has 3 rings (SSSR count). The number of benzene rings is 1. The summed E-state index contributed by atoms with van der Waals surface area (Å²) in [6.07, 6.45) is 1.77. The van der Waals surface area contributed by atoms with E-state index < -0.39 is 0 Å². The van der Waals surface area contributed by atoms with E-state index in [9.17, 15) is 4.79 Å². The van der Waals surface area contributed by atoms with Crippen molar-refractivity contribution in [1.29, 1.82) is 0 Å². The summed E-state index contributed by atoms with van der Waals surface area (Å²) < 4.78 is 0. The molecule has 1 aliphatic rings. The van der Waals surface area contributed by atoms with Gasteiger partial charge in [0.1, 0.15) is 5.69 Å². The summed E-state index contributed by atoms with van der Waals surface area (Å²) in [5.41, 5.74) is 1.68. The first-order valence-corrected chi connectivity index (χ1v) is 7.04. The second-order valence-electron chi connectivity index (χ2n) is 4.86. The van der Waals surface area contributed by atoms with Gasteiger partial charge < -0.3 is 15.2 Å². The molecule has 1 saturated heterocycles. The number of H-pyrrole nitrogens is 1. The highest BCUT2D eigenvalue weighted by atomic mass is 35.5. The molecule has 4 nitrogen and oxygen atoms in total. The van der Waals surface area contributed by atoms with Crippen LogP contribution in [-0.4, -0.2) is 35.4 Å². The fraction of sp³-hybridized carbons (Fsp3) is 0.267. The predicted molar refractivity (Wildman–Crippen MR) is 86.1 cm³/mol. The highest BCUT2D eigenvalue weighted by Gasteiger charge is 2.28. The van der Waals surface area contributed by atoms with Gasteiger partial charge in [-0.3, -0.25) is 4.79 Å². The van der Waals surface area contributed by atoms with Gasteiger partial charge in [-0.2, -0.15) is 0 Å². The molecule has 0 saturated carbocycles. The minimum Gasteiger partial charge on any atom is -0.357 e. The van der Waals surface area contributed by atoms with E-state index in [4.69, 9.17) is 11.6 Å². The van der Waals surface area contributed by atoms with Crippen LogP contribution in [0.2, 0.25) is 5.02 Å². The summed E-state index contributed by atoms with van der Waals surface area (Å²) in [7, 11) is 0. The summed E-state index contributed by atoms with van der Waals surface area (Å²) >= 11 is 6.06. The number of hydrogen-bond acceptors (Lipinski definition) is 2. The van der Waals surface area contributed by atoms with Gasteiger partial charge in [0.05, 0.1) is 6.04 Å². The quantitative estimate of drug-likeness (QED) is 0.891. The van der Waals surface area contributed by atoms with E-state index >= 15 is 0 Å². The van der Waals surface area contributed by atoms with Gasteiger partial charge in [-0.25, -0.2) is 0 Å². The molecule has 0 spiro atoms. The highest BCUT2D eigenvalue weighted by Crippen LogP contribution is 2.25. The van der Waals surface area contributed by atoms with Gasteiger partial charge in [0.25, 0.3) is 5.91 Å². The van der Waals surface area contributed by atoms with Gasteiger partial charge in [-0.1, -0.05) is 23.7 Å². The van der Waals surface area contributed by atoms with Crippen molar-refractivity contribution in [2.45, 2.75) is 6.04 Å². The van der Waals surface area contributed by atoms with E-state index in [0.29, 0.717) is 17.3 Å². The largest absolute Gasteiger partial charge is 0.357 e. The van der Waals surface area contributed by atoms with Gasteiger partial charge in [-0.15, -0.1) is 12.4 Å². The zero-order chi connectivity index (χ0) is 13.9. The van der Waals surface area contributed by atoms with Gasteiger partial charge in [-0.05, 0) is 29.8 Å². The SMILES string of the molecule is Cl.O=C(c1ccc[nH]1)N1CCNCC1c1cccc(Cl)c1. The van der Waals surface area contributed by atoms with Gasteiger partial charge in [0.2, 0.25) is 0 Å². The summed E-state index contributed by atoms with van der Waals surface area (Å²) in [5.74, 6) is 0.0291. The van der Waals surface area contributed by atoms with Crippen molar-refractivity contribution in [2.24, 2.45) is 0 Å². The minimum absolute atomic E-state index is 0. The number of aromatic nitrogens is 1. The minimum atomic E-state index is 0. The van der Waals surface area contributed by atoms with E-state index in [-0.39, 0.29) is 24.4 Å². The molecule has 0 bridgehead atoms. The van der Waals surface area contributed by atoms with Crippen LogP contribution >= 0.6 is 24.0 Å². The Morgan fingerprint density at radius 2 is 2.14 bits per heavy atom. The number of aromatic amines is 1. The van der Waals surface area contributed by atoms with Crippen molar-refractivity contribution in [1.82, 2.24) is 15.2 Å². The van der Waals surface area contributed by atoms with E-state index in [1.807, 2.05) is 35.2 Å². The standard InChI is InChI=1S/C15H16ClN3O.ClH/c16-12-4-1-3-11(9-12)14-10-17-7-8-19(14)15(20)13-5-2-6-18-13;/h1-6,9,14,17-18H,7-8,10H2;1H. The topological polar surface area (TPSA) is 48.1 Å². The molecule has 2 heterocycles. The summed E-state index contributed by atoms with van der Waals surface area (Å²) in [6.45, 7) is 2.24. The van der Waals surface area contributed by atoms with Crippen molar-refractivity contribution in [3.05, 3.63) is 58.9 Å². The molecule has 1 atom stereocenters. The smallest absolute Gasteiger partial charge is 0.270 e. The Hall–Kier alpha value is -1.49. The molecule has 1 aromatic carbocycles. The van der Waals surface area contributed by atoms with Crippen LogP contribution in [0.25, 0.3) is 0 Å². The first-order chi connectivity index (χ1) is 9.75. The Kier molecular flexibility index (Phi) is 5.28. The molecule has 1 amide bonds. The van der Waals surface area contributed by atoms with Crippen LogP contribution in [0.4, 0.5) is 0 Å². The number of amides is 1. The fourth-order valence-corrected chi connectivity index (χ4v) is 2.78. The molecule has 1 aliphatic heterocycles. The Morgan fingerprint density at radius 1 is 1.29 bits per heavy atom. The molecule has 21 heavy (non-hydrogen) atoms. The molecule has 2 aromatic rings. The maximum absolute atomic E-state index is 12.6. The third kappa shape index (κ3) is 3.40. The third-order valence-corrected chi connectivity index (χ3v) is 3.80. The first kappa shape index (κ1) is 15.9. The summed E-state index contributed by atoms with van der Waals surface area (Å²) in [5, 5.41) is 4.03. The number of halogens is 2. The lowest BCUT2D eigenvalue weighted by Gasteiger charge is -2.36. The Balaban J connectivity index is 0.00000161. The highest BCUT2D eigenvalue weighted by molar-refractivity contribution is 6.30. The van der Waals surface area contributed by atoms with Crippen LogP contribution in [0.15, 0.2) is 42.6 Å². The Bertz CT molecular complexity index is 601. The molecule has 1 aromatic heterocycles. The molecule has 1 fully saturated rings. The normalized spacial score (nSPS) is 18.1. The number of carbonyl (C=O) groups excluding carboxylic acids is 1. The zero-order valence-corrected chi connectivity index (χ0v) is 13.0. The monoisotopic (exact) mass is 325 g/mol. The summed E-state index contributed by atoms with van der Waals surface area (Å²) in [4.78, 5) is 17.4. The Morgan fingerprint density at radius 3 is 2.86 bits per heavy atom. The first-order valence-electron chi connectivity index (χ1n) is 6.66. The molecule has 0 aliphatic carbocycles. The van der Waals surface area contributed by atoms with Crippen LogP contribution in [0.1, 0.15) is 22.1 Å². The van der Waals surface area contributed by atoms with Gasteiger partial charge >= 0.3 is 0 Å². The van der Waals surface area contributed by atoms with Crippen LogP contribution in [0.3, 0.4) is 0 Å². The number of rotatable bonds is 2. The van der Waals surface area contributed by atoms with Gasteiger partial charge in [0.15, 0.2) is 0 Å². The van der Waals surface area contributed by atoms with Crippen LogP contribution < -0.4 is 5.32 Å². The van der Waals surface area contributed by atoms with Crippen LogP contribution in [0, 0.1) is 0 Å². The number of piperazine rings is 1. The van der Waals surface area contributed by atoms with E-state index in [2.05, 4.69) is 10.3 Å². The van der Waals surface area contributed by atoms with E-state index in [0.717, 1.165) is 18.7 Å². The van der Waals surface area contributed by atoms with Crippen LogP contribution in [-0.2, 0) is 0 Å². The molecule has 6 heteroatoms. The molecular weight excluding hydrogens is 309 g/mol. The van der Waals surface area contributed by atoms with E-state index in [1.54, 1.807) is 12.3 Å². The van der Waals surface area contributed by atoms with E-state index in [1.165, 1.54) is 0 Å². The maximum Gasteiger partial charge on any atom is 0.270 e. The second kappa shape index (κ2) is 6.98. The van der Waals surface area contributed by atoms with Crippen LogP contribution in [0.5, 0.6) is 0 Å². The van der Waals surface area contributed by atoms with Crippen molar-refractivity contribution >= 4 is 29.9 Å². The lowest BCUT2D eigenvalue weighted by atomic mass is 10.0. The third-order valence-electron chi connectivity index (χ3n) is 3.57. The molecule has 112 valence electrons. The molecule has 2 N–H and O–H groups in total. The second-order valence-corrected chi connectivity index (χ2v) is 5.29.